The van der Waals surface area contributed by atoms with E-state index in [1.165, 1.54) is 24.2 Å². The first-order chi connectivity index (χ1) is 6.72. The maximum absolute atomic E-state index is 5.99. The van der Waals surface area contributed by atoms with E-state index in [0.717, 1.165) is 18.6 Å². The Bertz CT molecular complexity index is 314. The van der Waals surface area contributed by atoms with Gasteiger partial charge in [-0.1, -0.05) is 6.92 Å². The molecule has 0 amide bonds. The molecule has 2 N–H and O–H groups in total. The molecule has 14 heavy (non-hydrogen) atoms. The Morgan fingerprint density at radius 2 is 2.43 bits per heavy atom. The smallest absolute Gasteiger partial charge is 0.107 e. The van der Waals surface area contributed by atoms with Crippen molar-refractivity contribution in [3.63, 3.8) is 0 Å². The zero-order chi connectivity index (χ0) is 10.1. The molecule has 0 saturated carbocycles. The van der Waals surface area contributed by atoms with Crippen LogP contribution in [0.2, 0.25) is 0 Å². The van der Waals surface area contributed by atoms with Gasteiger partial charge in [0.1, 0.15) is 11.5 Å². The van der Waals surface area contributed by atoms with Crippen LogP contribution in [0.15, 0.2) is 10.5 Å². The number of furan rings is 1. The third-order valence-corrected chi connectivity index (χ3v) is 3.19. The number of rotatable bonds is 2. The molecule has 2 nitrogen and oxygen atoms in total. The average Bonchev–Trinajstić information content (AvgIpc) is 2.59. The molecule has 2 atom stereocenters. The van der Waals surface area contributed by atoms with Crippen LogP contribution in [0.3, 0.4) is 0 Å². The van der Waals surface area contributed by atoms with E-state index in [0.29, 0.717) is 5.92 Å². The average molecular weight is 193 g/mol. The maximum Gasteiger partial charge on any atom is 0.107 e. The molecule has 1 aliphatic carbocycles. The lowest BCUT2D eigenvalue weighted by molar-refractivity contribution is 0.410. The van der Waals surface area contributed by atoms with Gasteiger partial charge in [-0.3, -0.25) is 0 Å². The van der Waals surface area contributed by atoms with Gasteiger partial charge in [0.15, 0.2) is 0 Å². The van der Waals surface area contributed by atoms with Crippen LogP contribution in [0, 0.1) is 0 Å². The molecule has 0 fully saturated rings. The second-order valence-electron chi connectivity index (χ2n) is 4.30. The number of hydrogen-bond acceptors (Lipinski definition) is 2. The molecule has 0 saturated heterocycles. The second-order valence-corrected chi connectivity index (χ2v) is 4.30. The van der Waals surface area contributed by atoms with Gasteiger partial charge in [0.2, 0.25) is 0 Å². The molecule has 78 valence electrons. The summed E-state index contributed by atoms with van der Waals surface area (Å²) in [5, 5.41) is 0. The minimum Gasteiger partial charge on any atom is -0.466 e. The van der Waals surface area contributed by atoms with E-state index in [-0.39, 0.29) is 6.04 Å². The zero-order valence-electron chi connectivity index (χ0n) is 9.05. The van der Waals surface area contributed by atoms with Crippen LogP contribution in [0.4, 0.5) is 0 Å². The van der Waals surface area contributed by atoms with Crippen LogP contribution >= 0.6 is 0 Å². The Morgan fingerprint density at radius 3 is 3.07 bits per heavy atom. The summed E-state index contributed by atoms with van der Waals surface area (Å²) in [5.74, 6) is 2.82. The molecule has 0 aliphatic heterocycles. The van der Waals surface area contributed by atoms with Crippen LogP contribution < -0.4 is 5.73 Å². The van der Waals surface area contributed by atoms with Crippen molar-refractivity contribution < 1.29 is 4.42 Å². The van der Waals surface area contributed by atoms with Crippen molar-refractivity contribution >= 4 is 0 Å². The van der Waals surface area contributed by atoms with Crippen LogP contribution in [-0.4, -0.2) is 6.04 Å². The maximum atomic E-state index is 5.99. The topological polar surface area (TPSA) is 39.2 Å². The van der Waals surface area contributed by atoms with Gasteiger partial charge >= 0.3 is 0 Å². The van der Waals surface area contributed by atoms with Gasteiger partial charge in [-0.2, -0.15) is 0 Å². The molecule has 1 aromatic heterocycles. The molecule has 0 spiro atoms. The van der Waals surface area contributed by atoms with E-state index in [1.54, 1.807) is 0 Å². The third kappa shape index (κ3) is 1.59. The standard InChI is InChI=1S/C12H19NO/c1-3-9-7-11-10(8(2)13)5-4-6-12(11)14-9/h7-8,10H,3-6,13H2,1-2H3. The van der Waals surface area contributed by atoms with Crippen molar-refractivity contribution in [1.82, 2.24) is 0 Å². The first-order valence-corrected chi connectivity index (χ1v) is 5.59. The SMILES string of the molecule is CCc1cc2c(o1)CCCC2C(C)N. The van der Waals surface area contributed by atoms with Crippen molar-refractivity contribution in [2.45, 2.75) is 51.5 Å². The van der Waals surface area contributed by atoms with E-state index < -0.39 is 0 Å². The summed E-state index contributed by atoms with van der Waals surface area (Å²) in [4.78, 5) is 0. The highest BCUT2D eigenvalue weighted by Gasteiger charge is 2.26. The van der Waals surface area contributed by atoms with Crippen LogP contribution in [0.25, 0.3) is 0 Å². The monoisotopic (exact) mass is 193 g/mol. The van der Waals surface area contributed by atoms with Crippen molar-refractivity contribution in [2.75, 3.05) is 0 Å². The summed E-state index contributed by atoms with van der Waals surface area (Å²) >= 11 is 0. The Kier molecular flexibility index (Phi) is 2.64. The fraction of sp³-hybridized carbons (Fsp3) is 0.667. The van der Waals surface area contributed by atoms with E-state index in [1.807, 2.05) is 0 Å². The Hall–Kier alpha value is -0.760. The van der Waals surface area contributed by atoms with E-state index in [4.69, 9.17) is 10.2 Å². The van der Waals surface area contributed by atoms with E-state index in [9.17, 15) is 0 Å². The van der Waals surface area contributed by atoms with Gasteiger partial charge in [0, 0.05) is 24.8 Å². The van der Waals surface area contributed by atoms with Crippen LogP contribution in [0.1, 0.15) is 49.7 Å². The van der Waals surface area contributed by atoms with Gasteiger partial charge in [-0.05, 0) is 31.4 Å². The molecule has 2 heteroatoms. The molecular weight excluding hydrogens is 174 g/mol. The van der Waals surface area contributed by atoms with Gasteiger partial charge in [-0.15, -0.1) is 0 Å². The minimum absolute atomic E-state index is 0.247. The van der Waals surface area contributed by atoms with Gasteiger partial charge in [-0.25, -0.2) is 0 Å². The van der Waals surface area contributed by atoms with Crippen molar-refractivity contribution in [1.29, 1.82) is 0 Å². The van der Waals surface area contributed by atoms with Gasteiger partial charge in [0.05, 0.1) is 0 Å². The number of nitrogens with two attached hydrogens (primary N) is 1. The predicted octanol–water partition coefficient (Wildman–Crippen LogP) is 2.61. The molecule has 2 unspecified atom stereocenters. The van der Waals surface area contributed by atoms with Crippen molar-refractivity contribution in [3.05, 3.63) is 23.2 Å². The molecular formula is C12H19NO. The molecule has 0 radical (unpaired) electrons. The van der Waals surface area contributed by atoms with Crippen LogP contribution in [-0.2, 0) is 12.8 Å². The minimum atomic E-state index is 0.247. The zero-order valence-corrected chi connectivity index (χ0v) is 9.05. The van der Waals surface area contributed by atoms with Gasteiger partial charge in [0.25, 0.3) is 0 Å². The first-order valence-electron chi connectivity index (χ1n) is 5.59. The summed E-state index contributed by atoms with van der Waals surface area (Å²) in [6.07, 6.45) is 4.51. The predicted molar refractivity (Wildman–Crippen MR) is 57.4 cm³/mol. The lowest BCUT2D eigenvalue weighted by Crippen LogP contribution is -2.27. The lowest BCUT2D eigenvalue weighted by Gasteiger charge is -2.24. The summed E-state index contributed by atoms with van der Waals surface area (Å²) in [7, 11) is 0. The highest BCUT2D eigenvalue weighted by molar-refractivity contribution is 5.29. The number of hydrogen-bond donors (Lipinski definition) is 1. The second kappa shape index (κ2) is 3.77. The summed E-state index contributed by atoms with van der Waals surface area (Å²) in [6.45, 7) is 4.23. The highest BCUT2D eigenvalue weighted by atomic mass is 16.3. The molecule has 0 aromatic carbocycles. The number of fused-ring (bicyclic) bond motifs is 1. The quantitative estimate of drug-likeness (QED) is 0.784. The summed E-state index contributed by atoms with van der Waals surface area (Å²) < 4.78 is 5.78. The van der Waals surface area contributed by atoms with Gasteiger partial charge < -0.3 is 10.2 Å². The van der Waals surface area contributed by atoms with Crippen LogP contribution in [0.5, 0.6) is 0 Å². The number of aryl methyl sites for hydroxylation is 2. The summed E-state index contributed by atoms with van der Waals surface area (Å²) in [5.41, 5.74) is 7.37. The Labute approximate surface area is 85.5 Å². The van der Waals surface area contributed by atoms with Crippen molar-refractivity contribution in [3.8, 4) is 0 Å². The third-order valence-electron chi connectivity index (χ3n) is 3.19. The Morgan fingerprint density at radius 1 is 1.64 bits per heavy atom. The molecule has 1 heterocycles. The molecule has 0 bridgehead atoms. The molecule has 2 rings (SSSR count). The lowest BCUT2D eigenvalue weighted by atomic mass is 9.83. The van der Waals surface area contributed by atoms with E-state index in [2.05, 4.69) is 19.9 Å². The van der Waals surface area contributed by atoms with E-state index >= 15 is 0 Å². The fourth-order valence-electron chi connectivity index (χ4n) is 2.37. The Balaban J connectivity index is 2.33. The first kappa shape index (κ1) is 9.78. The highest BCUT2D eigenvalue weighted by Crippen LogP contribution is 2.35. The largest absolute Gasteiger partial charge is 0.466 e. The fourth-order valence-corrected chi connectivity index (χ4v) is 2.37. The summed E-state index contributed by atoms with van der Waals surface area (Å²) in [6, 6.07) is 2.46. The molecule has 1 aliphatic rings. The molecule has 1 aromatic rings. The normalized spacial score (nSPS) is 23.2. The van der Waals surface area contributed by atoms with Crippen molar-refractivity contribution in [2.24, 2.45) is 5.73 Å².